The van der Waals surface area contributed by atoms with Gasteiger partial charge in [-0.3, -0.25) is 4.79 Å². The molecule has 0 saturated heterocycles. The molecule has 0 aliphatic heterocycles. The standard InChI is InChI=1S/C20H23N5OS/c1-20(2,3)15-7-5-14(6-8-15)16-13-27-19(24-16)25-17(26)9-12-23-18-21-10-4-11-22-18/h4-8,10-11,13H,9,12H2,1-3H3,(H,21,22,23)(H,24,25,26). The highest BCUT2D eigenvalue weighted by molar-refractivity contribution is 7.14. The maximum Gasteiger partial charge on any atom is 0.227 e. The number of nitrogens with zero attached hydrogens (tertiary/aromatic N) is 3. The van der Waals surface area contributed by atoms with Crippen LogP contribution in [0.5, 0.6) is 0 Å². The minimum Gasteiger partial charge on any atom is -0.354 e. The first-order valence-corrected chi connectivity index (χ1v) is 9.67. The Morgan fingerprint density at radius 3 is 2.48 bits per heavy atom. The van der Waals surface area contributed by atoms with Gasteiger partial charge >= 0.3 is 0 Å². The third-order valence-electron chi connectivity index (χ3n) is 4.00. The Labute approximate surface area is 163 Å². The minimum atomic E-state index is -0.0950. The highest BCUT2D eigenvalue weighted by atomic mass is 32.1. The Bertz CT molecular complexity index is 885. The van der Waals surface area contributed by atoms with E-state index in [9.17, 15) is 4.79 Å². The van der Waals surface area contributed by atoms with Crippen molar-refractivity contribution in [3.8, 4) is 11.3 Å². The Morgan fingerprint density at radius 2 is 1.81 bits per heavy atom. The fourth-order valence-electron chi connectivity index (χ4n) is 2.46. The Balaban J connectivity index is 1.53. The summed E-state index contributed by atoms with van der Waals surface area (Å²) < 4.78 is 0. The van der Waals surface area contributed by atoms with Gasteiger partial charge in [-0.15, -0.1) is 11.3 Å². The number of rotatable bonds is 6. The summed E-state index contributed by atoms with van der Waals surface area (Å²) in [6.07, 6.45) is 3.62. The number of hydrogen-bond acceptors (Lipinski definition) is 6. The summed E-state index contributed by atoms with van der Waals surface area (Å²) in [6.45, 7) is 7.04. The molecular weight excluding hydrogens is 358 g/mol. The number of hydrogen-bond donors (Lipinski definition) is 2. The lowest BCUT2D eigenvalue weighted by Gasteiger charge is -2.18. The molecule has 0 fully saturated rings. The molecule has 0 spiro atoms. The van der Waals surface area contributed by atoms with Gasteiger partial charge in [-0.1, -0.05) is 45.0 Å². The molecule has 7 heteroatoms. The number of nitrogens with one attached hydrogen (secondary N) is 2. The van der Waals surface area contributed by atoms with Gasteiger partial charge < -0.3 is 10.6 Å². The lowest BCUT2D eigenvalue weighted by Crippen LogP contribution is -2.16. The number of amides is 1. The molecule has 1 amide bonds. The van der Waals surface area contributed by atoms with E-state index in [-0.39, 0.29) is 11.3 Å². The number of benzene rings is 1. The molecule has 0 aliphatic carbocycles. The van der Waals surface area contributed by atoms with Crippen molar-refractivity contribution < 1.29 is 4.79 Å². The average Bonchev–Trinajstić information content (AvgIpc) is 3.10. The van der Waals surface area contributed by atoms with Crippen LogP contribution in [-0.2, 0) is 10.2 Å². The average molecular weight is 382 g/mol. The zero-order valence-corrected chi connectivity index (χ0v) is 16.5. The second-order valence-electron chi connectivity index (χ2n) is 7.16. The van der Waals surface area contributed by atoms with Crippen LogP contribution in [0, 0.1) is 0 Å². The monoisotopic (exact) mass is 381 g/mol. The van der Waals surface area contributed by atoms with Gasteiger partial charge in [0.15, 0.2) is 5.13 Å². The van der Waals surface area contributed by atoms with Crippen LogP contribution in [0.2, 0.25) is 0 Å². The molecule has 0 radical (unpaired) electrons. The van der Waals surface area contributed by atoms with Crippen LogP contribution in [0.1, 0.15) is 32.8 Å². The summed E-state index contributed by atoms with van der Waals surface area (Å²) in [7, 11) is 0. The molecule has 2 aromatic heterocycles. The van der Waals surface area contributed by atoms with Gasteiger partial charge in [0.25, 0.3) is 0 Å². The number of aromatic nitrogens is 3. The van der Waals surface area contributed by atoms with Gasteiger partial charge in [-0.05, 0) is 17.0 Å². The molecule has 0 bridgehead atoms. The summed E-state index contributed by atoms with van der Waals surface area (Å²) in [5, 5.41) is 8.41. The molecule has 27 heavy (non-hydrogen) atoms. The maximum absolute atomic E-state index is 12.1. The van der Waals surface area contributed by atoms with Gasteiger partial charge in [-0.25, -0.2) is 15.0 Å². The number of carbonyl (C=O) groups is 1. The Hall–Kier alpha value is -2.80. The van der Waals surface area contributed by atoms with Gasteiger partial charge in [0.2, 0.25) is 11.9 Å². The van der Waals surface area contributed by atoms with Gasteiger partial charge in [0.1, 0.15) is 0 Å². The summed E-state index contributed by atoms with van der Waals surface area (Å²) in [5.41, 5.74) is 3.32. The van der Waals surface area contributed by atoms with Crippen LogP contribution in [-0.4, -0.2) is 27.4 Å². The number of anilines is 2. The van der Waals surface area contributed by atoms with Crippen molar-refractivity contribution in [1.82, 2.24) is 15.0 Å². The number of thiazole rings is 1. The van der Waals surface area contributed by atoms with Crippen LogP contribution in [0.3, 0.4) is 0 Å². The van der Waals surface area contributed by atoms with E-state index < -0.39 is 0 Å². The van der Waals surface area contributed by atoms with E-state index in [1.807, 2.05) is 5.38 Å². The maximum atomic E-state index is 12.1. The fourth-order valence-corrected chi connectivity index (χ4v) is 3.20. The third kappa shape index (κ3) is 5.34. The quantitative estimate of drug-likeness (QED) is 0.664. The van der Waals surface area contributed by atoms with Gasteiger partial charge in [-0.2, -0.15) is 0 Å². The molecule has 2 heterocycles. The largest absolute Gasteiger partial charge is 0.354 e. The van der Waals surface area contributed by atoms with Gasteiger partial charge in [0.05, 0.1) is 5.69 Å². The molecule has 6 nitrogen and oxygen atoms in total. The van der Waals surface area contributed by atoms with Crippen LogP contribution in [0.25, 0.3) is 11.3 Å². The second-order valence-corrected chi connectivity index (χ2v) is 8.02. The zero-order chi connectivity index (χ0) is 19.3. The molecule has 0 saturated carbocycles. The van der Waals surface area contributed by atoms with Crippen LogP contribution in [0.4, 0.5) is 11.1 Å². The first-order valence-electron chi connectivity index (χ1n) is 8.79. The molecule has 2 N–H and O–H groups in total. The van der Waals surface area contributed by atoms with Crippen molar-refractivity contribution in [3.05, 3.63) is 53.7 Å². The SMILES string of the molecule is CC(C)(C)c1ccc(-c2csc(NC(=O)CCNc3ncccn3)n2)cc1. The van der Waals surface area contributed by atoms with E-state index in [2.05, 4.69) is 70.6 Å². The minimum absolute atomic E-state index is 0.0950. The van der Waals surface area contributed by atoms with Crippen LogP contribution < -0.4 is 10.6 Å². The van der Waals surface area contributed by atoms with Crippen LogP contribution in [0.15, 0.2) is 48.1 Å². The molecular formula is C20H23N5OS. The predicted molar refractivity (Wildman–Crippen MR) is 110 cm³/mol. The van der Waals surface area contributed by atoms with Crippen LogP contribution >= 0.6 is 11.3 Å². The van der Waals surface area contributed by atoms with Gasteiger partial charge in [0, 0.05) is 36.3 Å². The first kappa shape index (κ1) is 19.0. The fraction of sp³-hybridized carbons (Fsp3) is 0.300. The molecule has 3 rings (SSSR count). The van der Waals surface area contributed by atoms with Crippen molar-refractivity contribution in [1.29, 1.82) is 0 Å². The summed E-state index contributed by atoms with van der Waals surface area (Å²) in [5.74, 6) is 0.419. The van der Waals surface area contributed by atoms with Crippen molar-refractivity contribution in [2.75, 3.05) is 17.2 Å². The number of carbonyl (C=O) groups excluding carboxylic acids is 1. The normalized spacial score (nSPS) is 11.2. The van der Waals surface area contributed by atoms with E-state index in [1.54, 1.807) is 18.5 Å². The molecule has 0 unspecified atom stereocenters. The first-order chi connectivity index (χ1) is 12.9. The highest BCUT2D eigenvalue weighted by Gasteiger charge is 2.14. The van der Waals surface area contributed by atoms with E-state index in [0.717, 1.165) is 11.3 Å². The van der Waals surface area contributed by atoms with E-state index >= 15 is 0 Å². The molecule has 0 aliphatic rings. The predicted octanol–water partition coefficient (Wildman–Crippen LogP) is 4.34. The van der Waals surface area contributed by atoms with Crippen molar-refractivity contribution in [2.24, 2.45) is 0 Å². The van der Waals surface area contributed by atoms with Crippen molar-refractivity contribution in [2.45, 2.75) is 32.6 Å². The molecule has 1 aromatic carbocycles. The third-order valence-corrected chi connectivity index (χ3v) is 4.76. The zero-order valence-electron chi connectivity index (χ0n) is 15.7. The summed E-state index contributed by atoms with van der Waals surface area (Å²) in [4.78, 5) is 24.7. The van der Waals surface area contributed by atoms with E-state index in [1.165, 1.54) is 16.9 Å². The van der Waals surface area contributed by atoms with Crippen molar-refractivity contribution in [3.63, 3.8) is 0 Å². The smallest absolute Gasteiger partial charge is 0.227 e. The molecule has 140 valence electrons. The summed E-state index contributed by atoms with van der Waals surface area (Å²) in [6, 6.07) is 10.2. The van der Waals surface area contributed by atoms with Crippen molar-refractivity contribution >= 4 is 28.3 Å². The molecule has 0 atom stereocenters. The summed E-state index contributed by atoms with van der Waals surface area (Å²) >= 11 is 1.42. The topological polar surface area (TPSA) is 79.8 Å². The Morgan fingerprint density at radius 1 is 1.11 bits per heavy atom. The second kappa shape index (κ2) is 8.26. The lowest BCUT2D eigenvalue weighted by molar-refractivity contribution is -0.115. The molecule has 3 aromatic rings. The van der Waals surface area contributed by atoms with E-state index in [4.69, 9.17) is 0 Å². The lowest BCUT2D eigenvalue weighted by atomic mass is 9.86. The Kier molecular flexibility index (Phi) is 5.81. The highest BCUT2D eigenvalue weighted by Crippen LogP contribution is 2.28. The van der Waals surface area contributed by atoms with E-state index in [0.29, 0.717) is 24.0 Å².